The van der Waals surface area contributed by atoms with Gasteiger partial charge in [0.1, 0.15) is 0 Å². The van der Waals surface area contributed by atoms with E-state index in [4.69, 9.17) is 4.74 Å². The molecule has 206 valence electrons. The number of hydrogen-bond donors (Lipinski definition) is 0. The molecule has 0 N–H and O–H groups in total. The van der Waals surface area contributed by atoms with Crippen molar-refractivity contribution in [2.75, 3.05) is 18.6 Å². The van der Waals surface area contributed by atoms with Gasteiger partial charge in [-0.2, -0.15) is 39.5 Å². The molecule has 0 saturated heterocycles. The first-order valence-electron chi connectivity index (χ1n) is 10.0. The number of carbonyl (C=O) groups excluding carboxylic acids is 1. The summed E-state index contributed by atoms with van der Waals surface area (Å²) in [5.41, 5.74) is -8.04. The molecule has 1 aromatic carbocycles. The zero-order chi connectivity index (χ0) is 28.5. The van der Waals surface area contributed by atoms with Gasteiger partial charge in [-0.25, -0.2) is 9.78 Å². The van der Waals surface area contributed by atoms with Crippen molar-refractivity contribution in [1.82, 2.24) is 9.55 Å². The molecule has 7 nitrogen and oxygen atoms in total. The number of aromatic nitrogens is 2. The van der Waals surface area contributed by atoms with Gasteiger partial charge in [-0.1, -0.05) is 0 Å². The lowest BCUT2D eigenvalue weighted by atomic mass is 10.1. The molecule has 0 aliphatic rings. The Balaban J connectivity index is 3.16. The predicted octanol–water partition coefficient (Wildman–Crippen LogP) is 5.76. The van der Waals surface area contributed by atoms with Crippen LogP contribution in [-0.4, -0.2) is 35.5 Å². The molecule has 0 bridgehead atoms. The van der Waals surface area contributed by atoms with Crippen molar-refractivity contribution >= 4 is 33.5 Å². The smallest absolute Gasteiger partial charge is 0.433 e. The van der Waals surface area contributed by atoms with Gasteiger partial charge < -0.3 is 9.47 Å². The number of alkyl halides is 9. The van der Waals surface area contributed by atoms with Gasteiger partial charge in [-0.15, -0.1) is 0 Å². The monoisotopic (exact) mass is 613 g/mol. The quantitative estimate of drug-likeness (QED) is 0.225. The molecule has 1 atom stereocenters. The van der Waals surface area contributed by atoms with Crippen LogP contribution in [-0.2, 0) is 39.3 Å². The average Bonchev–Trinajstić information content (AvgIpc) is 2.76. The van der Waals surface area contributed by atoms with Gasteiger partial charge in [0.05, 0.1) is 28.4 Å². The maximum atomic E-state index is 13.7. The molecular weight excluding hydrogens is 597 g/mol. The molecule has 0 radical (unpaired) electrons. The second-order valence-corrected chi connectivity index (χ2v) is 7.87. The average molecular weight is 614 g/mol. The lowest BCUT2D eigenvalue weighted by Crippen LogP contribution is -2.45. The van der Waals surface area contributed by atoms with Crippen LogP contribution in [0.2, 0.25) is 0 Å². The minimum Gasteiger partial charge on any atom is -0.466 e. The van der Waals surface area contributed by atoms with E-state index in [9.17, 15) is 49.1 Å². The zero-order valence-electron chi connectivity index (χ0n) is 19.0. The van der Waals surface area contributed by atoms with Crippen molar-refractivity contribution in [3.8, 4) is 0 Å². The van der Waals surface area contributed by atoms with Crippen LogP contribution in [0.25, 0.3) is 0 Å². The van der Waals surface area contributed by atoms with E-state index in [1.54, 1.807) is 0 Å². The van der Waals surface area contributed by atoms with Crippen molar-refractivity contribution in [3.05, 3.63) is 49.8 Å². The molecule has 2 rings (SSSR count). The van der Waals surface area contributed by atoms with Crippen LogP contribution in [0.15, 0.2) is 27.5 Å². The van der Waals surface area contributed by atoms with Crippen molar-refractivity contribution in [2.45, 2.75) is 45.1 Å². The Morgan fingerprint density at radius 3 is 2.05 bits per heavy atom. The van der Waals surface area contributed by atoms with Gasteiger partial charge in [-0.05, 0) is 41.9 Å². The highest BCUT2D eigenvalue weighted by molar-refractivity contribution is 9.10. The minimum atomic E-state index is -5.39. The number of rotatable bonds is 7. The van der Waals surface area contributed by atoms with Gasteiger partial charge in [0.25, 0.3) is 5.56 Å². The summed E-state index contributed by atoms with van der Waals surface area (Å²) in [5, 5.41) is 0. The number of hydrogen-bond acceptors (Lipinski definition) is 6. The molecule has 37 heavy (non-hydrogen) atoms. The Labute approximate surface area is 210 Å². The molecule has 1 heterocycles. The summed E-state index contributed by atoms with van der Waals surface area (Å²) < 4.78 is 131. The van der Waals surface area contributed by atoms with E-state index >= 15 is 0 Å². The summed E-state index contributed by atoms with van der Waals surface area (Å²) in [4.78, 5) is 28.5. The fourth-order valence-corrected chi connectivity index (χ4v) is 3.76. The summed E-state index contributed by atoms with van der Waals surface area (Å²) >= 11 is 2.56. The number of benzene rings is 1. The van der Waals surface area contributed by atoms with Gasteiger partial charge in [-0.3, -0.25) is 14.3 Å². The fourth-order valence-electron chi connectivity index (χ4n) is 3.12. The minimum absolute atomic E-state index is 0.0847. The van der Waals surface area contributed by atoms with E-state index in [1.165, 1.54) is 13.8 Å². The molecule has 0 aliphatic carbocycles. The van der Waals surface area contributed by atoms with Crippen molar-refractivity contribution in [1.29, 1.82) is 0 Å². The van der Waals surface area contributed by atoms with Gasteiger partial charge in [0.2, 0.25) is 12.2 Å². The van der Waals surface area contributed by atoms with Crippen molar-refractivity contribution < 1.29 is 53.8 Å². The lowest BCUT2D eigenvalue weighted by Gasteiger charge is -2.33. The Kier molecular flexibility index (Phi) is 8.95. The van der Waals surface area contributed by atoms with Crippen LogP contribution in [0.5, 0.6) is 0 Å². The zero-order valence-corrected chi connectivity index (χ0v) is 20.6. The largest absolute Gasteiger partial charge is 0.466 e. The van der Waals surface area contributed by atoms with Crippen LogP contribution < -0.4 is 10.5 Å². The van der Waals surface area contributed by atoms with Gasteiger partial charge in [0, 0.05) is 19.2 Å². The molecule has 1 aromatic heterocycles. The molecule has 0 amide bonds. The normalized spacial score (nSPS) is 13.4. The lowest BCUT2D eigenvalue weighted by molar-refractivity contribution is -0.153. The van der Waals surface area contributed by atoms with E-state index in [1.807, 2.05) is 0 Å². The third-order valence-electron chi connectivity index (χ3n) is 4.72. The van der Waals surface area contributed by atoms with Gasteiger partial charge in [0.15, 0.2) is 5.69 Å². The Morgan fingerprint density at radius 2 is 1.62 bits per heavy atom. The maximum absolute atomic E-state index is 13.7. The molecule has 0 spiro atoms. The highest BCUT2D eigenvalue weighted by Gasteiger charge is 2.43. The third-order valence-corrected chi connectivity index (χ3v) is 5.55. The number of esters is 1. The molecule has 0 fully saturated rings. The first-order valence-corrected chi connectivity index (χ1v) is 10.8. The van der Waals surface area contributed by atoms with E-state index in [0.717, 1.165) is 7.11 Å². The number of nitrogens with zero attached hydrogens (tertiary/aromatic N) is 3. The number of ether oxygens (including phenoxy) is 2. The first kappa shape index (κ1) is 30.4. The van der Waals surface area contributed by atoms with E-state index < -0.39 is 82.4 Å². The maximum Gasteiger partial charge on any atom is 0.433 e. The van der Waals surface area contributed by atoms with Crippen LogP contribution in [0.1, 0.15) is 30.7 Å². The molecule has 1 unspecified atom stereocenters. The van der Waals surface area contributed by atoms with Crippen LogP contribution in [0.3, 0.4) is 0 Å². The molecule has 0 saturated carbocycles. The second-order valence-electron chi connectivity index (χ2n) is 7.07. The van der Waals surface area contributed by atoms with Crippen molar-refractivity contribution in [2.24, 2.45) is 0 Å². The fraction of sp³-hybridized carbons (Fsp3) is 0.450. The number of halogens is 10. The van der Waals surface area contributed by atoms with Crippen LogP contribution in [0, 0.1) is 0 Å². The summed E-state index contributed by atoms with van der Waals surface area (Å²) in [7, 11) is 0.793. The van der Waals surface area contributed by atoms with Gasteiger partial charge >= 0.3 is 24.5 Å². The number of carbonyl (C=O) groups is 1. The van der Waals surface area contributed by atoms with E-state index in [0.29, 0.717) is 4.57 Å². The summed E-state index contributed by atoms with van der Waals surface area (Å²) in [5.74, 6) is -2.55. The molecular formula is C20H17BrF9N3O4. The predicted molar refractivity (Wildman–Crippen MR) is 113 cm³/mol. The number of methoxy groups -OCH3 is 1. The molecule has 17 heteroatoms. The summed E-state index contributed by atoms with van der Waals surface area (Å²) in [6.45, 7) is 1.67. The standard InChI is InChI=1S/C20H17BrF9N3O4/c1-4-32-13(34)8-12(20(28,29)30)31-17(32)33(15(37-5-2)16(35)36-3)11-7-9(18(22,23)24)6-10(14(11)21)19(25,26)27/h6-8,15H,4-5H2,1-3H3. The molecule has 2 aromatic rings. The first-order chi connectivity index (χ1) is 16.9. The molecule has 0 aliphatic heterocycles. The highest BCUT2D eigenvalue weighted by atomic mass is 79.9. The van der Waals surface area contributed by atoms with Crippen molar-refractivity contribution in [3.63, 3.8) is 0 Å². The van der Waals surface area contributed by atoms with E-state index in [2.05, 4.69) is 25.7 Å². The Hall–Kier alpha value is -2.82. The Morgan fingerprint density at radius 1 is 1.03 bits per heavy atom. The SMILES string of the molecule is CCOC(C(=O)OC)N(c1cc(C(F)(F)F)cc(C(F)(F)F)c1Br)c1nc(C(F)(F)F)cc(=O)n1CC. The second kappa shape index (κ2) is 10.9. The summed E-state index contributed by atoms with van der Waals surface area (Å²) in [6.07, 6.45) is -18.3. The van der Waals surface area contributed by atoms with E-state index in [-0.39, 0.29) is 23.1 Å². The van der Waals surface area contributed by atoms with Crippen LogP contribution in [0.4, 0.5) is 51.1 Å². The summed E-state index contributed by atoms with van der Waals surface area (Å²) in [6, 6.07) is -0.00586. The highest BCUT2D eigenvalue weighted by Crippen LogP contribution is 2.46. The third kappa shape index (κ3) is 6.55. The van der Waals surface area contributed by atoms with Crippen LogP contribution >= 0.6 is 15.9 Å². The number of anilines is 2. The topological polar surface area (TPSA) is 73.7 Å². The Bertz CT molecular complexity index is 1210.